The highest BCUT2D eigenvalue weighted by Crippen LogP contribution is 2.71. The summed E-state index contributed by atoms with van der Waals surface area (Å²) in [5, 5.41) is 63.2. The molecular weight excluding hydrogens is 873 g/mol. The van der Waals surface area contributed by atoms with Crippen LogP contribution in [0.15, 0.2) is 42.0 Å². The van der Waals surface area contributed by atoms with E-state index in [1.54, 1.807) is 20.8 Å². The molecule has 0 heterocycles. The molecule has 24 heteroatoms. The largest absolute Gasteiger partial charge is 0.514 e. The maximum absolute atomic E-state index is 17.9. The number of methoxy groups -OCH3 is 1. The van der Waals surface area contributed by atoms with E-state index in [1.165, 1.54) is 43.5 Å². The van der Waals surface area contributed by atoms with Gasteiger partial charge in [-0.3, -0.25) is 50.5 Å². The van der Waals surface area contributed by atoms with Crippen molar-refractivity contribution in [3.05, 3.63) is 47.6 Å². The van der Waals surface area contributed by atoms with Crippen LogP contribution in [0.4, 0.5) is 9.18 Å². The number of benzene rings is 1. The Labute approximate surface area is 371 Å². The SMILES string of the molecule is COc1cc(C(=O)OCCCCC(CON(O)O)ON(O)O)ccc1OC(=O)OCC(=O)[C@@]1(OC(=O)CCCON(O)O)[C@@H](C)CC2C3CCC4=CC(=O)C=C[C@]4(C)[C@@]3(F)[C@@H](O)C[C@@]21C. The second-order valence-corrected chi connectivity index (χ2v) is 16.9. The summed E-state index contributed by atoms with van der Waals surface area (Å²) in [5.74, 6) is -5.46. The minimum Gasteiger partial charge on any atom is -0.493 e. The molecular formula is C41H56FN3O20. The van der Waals surface area contributed by atoms with Crippen LogP contribution < -0.4 is 9.47 Å². The third-order valence-electron chi connectivity index (χ3n) is 13.3. The van der Waals surface area contributed by atoms with Crippen molar-refractivity contribution in [2.24, 2.45) is 28.6 Å². The number of carbonyl (C=O) groups excluding carboxylic acids is 5. The molecule has 0 spiro atoms. The number of halogens is 1. The number of ketones is 2. The predicted molar refractivity (Wildman–Crippen MR) is 208 cm³/mol. The zero-order valence-corrected chi connectivity index (χ0v) is 36.2. The van der Waals surface area contributed by atoms with E-state index in [-0.39, 0.29) is 81.0 Å². The van der Waals surface area contributed by atoms with Crippen LogP contribution in [0.25, 0.3) is 0 Å². The van der Waals surface area contributed by atoms with Crippen molar-refractivity contribution in [3.8, 4) is 11.5 Å². The second-order valence-electron chi connectivity index (χ2n) is 16.9. The summed E-state index contributed by atoms with van der Waals surface area (Å²) in [7, 11) is 1.23. The van der Waals surface area contributed by atoms with E-state index >= 15 is 4.39 Å². The number of unbranched alkanes of at least 4 members (excludes halogenated alkanes) is 1. The van der Waals surface area contributed by atoms with Gasteiger partial charge in [-0.1, -0.05) is 25.5 Å². The molecule has 0 aliphatic heterocycles. The fourth-order valence-electron chi connectivity index (χ4n) is 10.4. The first-order valence-electron chi connectivity index (χ1n) is 20.8. The minimum absolute atomic E-state index is 0.00732. The third kappa shape index (κ3) is 10.9. The molecule has 0 bridgehead atoms. The van der Waals surface area contributed by atoms with E-state index < -0.39 is 105 Å². The number of hydrogen-bond donors (Lipinski definition) is 7. The number of esters is 2. The van der Waals surface area contributed by atoms with Gasteiger partial charge in [0.1, 0.15) is 12.7 Å². The van der Waals surface area contributed by atoms with Crippen LogP contribution in [0, 0.1) is 28.6 Å². The van der Waals surface area contributed by atoms with Crippen molar-refractivity contribution >= 4 is 29.7 Å². The number of aliphatic hydroxyl groups is 1. The first kappa shape index (κ1) is 51.4. The average Bonchev–Trinajstić information content (AvgIpc) is 3.45. The number of hydrogen-bond acceptors (Lipinski definition) is 23. The van der Waals surface area contributed by atoms with Crippen LogP contribution in [0.2, 0.25) is 0 Å². The number of nitrogens with zero attached hydrogens (tertiary/aromatic N) is 3. The summed E-state index contributed by atoms with van der Waals surface area (Å²) in [6.45, 7) is 3.07. The van der Waals surface area contributed by atoms with Gasteiger partial charge in [-0.15, -0.1) is 0 Å². The summed E-state index contributed by atoms with van der Waals surface area (Å²) >= 11 is 0. The minimum atomic E-state index is -2.26. The van der Waals surface area contributed by atoms with Crippen molar-refractivity contribution in [1.82, 2.24) is 16.2 Å². The van der Waals surface area contributed by atoms with Crippen LogP contribution in [-0.4, -0.2) is 139 Å². The van der Waals surface area contributed by atoms with E-state index in [1.807, 2.05) is 0 Å². The number of fused-ring (bicyclic) bond motifs is 5. The van der Waals surface area contributed by atoms with Gasteiger partial charge in [-0.05, 0) is 94.6 Å². The molecule has 3 fully saturated rings. The topological polar surface area (TPSA) is 311 Å². The Morgan fingerprint density at radius 3 is 2.32 bits per heavy atom. The second kappa shape index (κ2) is 21.4. The monoisotopic (exact) mass is 929 g/mol. The standard InChI is InChI=1S/C41H56FN3O20/c1-24-18-30-29-12-11-26-20-27(46)14-15-38(26,2)40(29,42)33(47)21-39(30,3)41(24,64-35(49)9-7-17-61-43(52)53)34(48)23-60-37(51)63-31-13-10-25(19-32(31)58-4)36(50)59-16-6-5-8-28(65-45(56)57)22-62-44(54)55/h10,13-15,19-20,24,28-30,33,47,52-57H,5-9,11-12,16-18,21-23H2,1-4H3/t24-,28?,29?,30?,33-,38-,39-,40-,41-/m0/s1. The zero-order valence-electron chi connectivity index (χ0n) is 36.2. The first-order chi connectivity index (χ1) is 30.6. The summed E-state index contributed by atoms with van der Waals surface area (Å²) in [5.41, 5.74) is -6.54. The Hall–Kier alpha value is -4.54. The van der Waals surface area contributed by atoms with Gasteiger partial charge in [0.15, 0.2) is 35.2 Å². The molecule has 4 aliphatic carbocycles. The number of ether oxygens (including phenoxy) is 5. The predicted octanol–water partition coefficient (Wildman–Crippen LogP) is 4.19. The van der Waals surface area contributed by atoms with Crippen LogP contribution in [0.1, 0.15) is 88.9 Å². The van der Waals surface area contributed by atoms with Gasteiger partial charge in [0, 0.05) is 29.1 Å². The number of rotatable bonds is 22. The maximum atomic E-state index is 17.9. The number of Topliss-reactive ketones (excluding diaryl/α,β-unsaturated/α-hetero) is 1. The van der Waals surface area contributed by atoms with Crippen molar-refractivity contribution in [2.45, 2.75) is 102 Å². The Bertz CT molecular complexity index is 1970. The number of alkyl halides is 1. The Kier molecular flexibility index (Phi) is 16.9. The number of aliphatic hydroxyl groups excluding tert-OH is 1. The number of allylic oxidation sites excluding steroid dienone is 4. The van der Waals surface area contributed by atoms with Gasteiger partial charge >= 0.3 is 18.1 Å². The molecule has 0 radical (unpaired) electrons. The molecule has 0 amide bonds. The van der Waals surface area contributed by atoms with E-state index in [0.29, 0.717) is 18.4 Å². The highest BCUT2D eigenvalue weighted by Gasteiger charge is 2.77. The van der Waals surface area contributed by atoms with Gasteiger partial charge in [0.05, 0.1) is 48.2 Å². The summed E-state index contributed by atoms with van der Waals surface area (Å²) < 4.78 is 45.2. The Morgan fingerprint density at radius 2 is 1.65 bits per heavy atom. The van der Waals surface area contributed by atoms with E-state index in [4.69, 9.17) is 54.9 Å². The molecule has 3 unspecified atom stereocenters. The third-order valence-corrected chi connectivity index (χ3v) is 13.3. The highest BCUT2D eigenvalue weighted by atomic mass is 19.1. The molecule has 7 N–H and O–H groups in total. The van der Waals surface area contributed by atoms with Crippen molar-refractivity contribution in [2.75, 3.05) is 33.5 Å². The molecule has 0 saturated heterocycles. The molecule has 0 aromatic heterocycles. The smallest absolute Gasteiger partial charge is 0.493 e. The molecule has 23 nitrogen and oxygen atoms in total. The van der Waals surface area contributed by atoms with Gasteiger partial charge in [-0.2, -0.15) is 0 Å². The van der Waals surface area contributed by atoms with Gasteiger partial charge in [0.25, 0.3) is 0 Å². The van der Waals surface area contributed by atoms with Crippen molar-refractivity contribution < 1.29 is 103 Å². The number of carbonyl (C=O) groups is 5. The van der Waals surface area contributed by atoms with Crippen molar-refractivity contribution in [3.63, 3.8) is 0 Å². The maximum Gasteiger partial charge on any atom is 0.514 e. The Balaban J connectivity index is 1.27. The Morgan fingerprint density at radius 1 is 0.923 bits per heavy atom. The van der Waals surface area contributed by atoms with Crippen LogP contribution >= 0.6 is 0 Å². The van der Waals surface area contributed by atoms with E-state index in [0.717, 1.165) is 0 Å². The molecule has 1 aromatic rings. The summed E-state index contributed by atoms with van der Waals surface area (Å²) in [6, 6.07) is 3.69. The summed E-state index contributed by atoms with van der Waals surface area (Å²) in [4.78, 5) is 80.1. The molecule has 4 aliphatic rings. The molecule has 362 valence electrons. The molecule has 3 saturated carbocycles. The van der Waals surface area contributed by atoms with Gasteiger partial charge in [0.2, 0.25) is 5.78 Å². The fourth-order valence-corrected chi connectivity index (χ4v) is 10.4. The van der Waals surface area contributed by atoms with Crippen LogP contribution in [-0.2, 0) is 43.1 Å². The van der Waals surface area contributed by atoms with E-state index in [2.05, 4.69) is 14.5 Å². The molecule has 1 aromatic carbocycles. The normalized spacial score (nSPS) is 29.7. The fraction of sp³-hybridized carbons (Fsp3) is 0.634. The molecule has 9 atom stereocenters. The van der Waals surface area contributed by atoms with Crippen LogP contribution in [0.3, 0.4) is 0 Å². The lowest BCUT2D eigenvalue weighted by Crippen LogP contribution is -2.70. The summed E-state index contributed by atoms with van der Waals surface area (Å²) in [6.07, 6.45) is 0.729. The van der Waals surface area contributed by atoms with Crippen molar-refractivity contribution in [1.29, 1.82) is 0 Å². The quantitative estimate of drug-likeness (QED) is 0.0282. The highest BCUT2D eigenvalue weighted by molar-refractivity contribution is 6.01. The van der Waals surface area contributed by atoms with Crippen LogP contribution in [0.5, 0.6) is 11.5 Å². The lowest BCUT2D eigenvalue weighted by atomic mass is 9.44. The zero-order chi connectivity index (χ0) is 47.9. The lowest BCUT2D eigenvalue weighted by Gasteiger charge is -2.62. The first-order valence-corrected chi connectivity index (χ1v) is 20.8. The van der Waals surface area contributed by atoms with Gasteiger partial charge in [-0.25, -0.2) is 23.7 Å². The molecule has 5 rings (SSSR count). The lowest BCUT2D eigenvalue weighted by molar-refractivity contribution is -0.527. The average molecular weight is 930 g/mol. The molecule has 65 heavy (non-hydrogen) atoms. The van der Waals surface area contributed by atoms with Gasteiger partial charge < -0.3 is 28.8 Å². The van der Waals surface area contributed by atoms with E-state index in [9.17, 15) is 29.1 Å².